The molecule has 4 nitrogen and oxygen atoms in total. The highest BCUT2D eigenvalue weighted by Gasteiger charge is 2.16. The van der Waals surface area contributed by atoms with Crippen molar-refractivity contribution in [3.63, 3.8) is 0 Å². The average molecular weight is 287 g/mol. The molecule has 0 unspecified atom stereocenters. The number of hydrogen-bond donors (Lipinski definition) is 1. The molecule has 0 atom stereocenters. The number of aromatic nitrogens is 2. The predicted molar refractivity (Wildman–Crippen MR) is 65.6 cm³/mol. The normalized spacial score (nSPS) is 17.6. The van der Waals surface area contributed by atoms with Gasteiger partial charge in [0.15, 0.2) is 0 Å². The van der Waals surface area contributed by atoms with E-state index in [1.165, 1.54) is 30.0 Å². The number of aromatic amines is 1. The first-order chi connectivity index (χ1) is 7.68. The molecule has 1 aromatic heterocycles. The molecule has 0 saturated heterocycles. The molecule has 0 bridgehead atoms. The first-order valence-electron chi connectivity index (χ1n) is 5.66. The topological polar surface area (TPSA) is 54.9 Å². The van der Waals surface area contributed by atoms with Crippen LogP contribution in [0.4, 0.5) is 0 Å². The highest BCUT2D eigenvalue weighted by Crippen LogP contribution is 2.24. The van der Waals surface area contributed by atoms with Gasteiger partial charge in [-0.25, -0.2) is 4.79 Å². The number of hydrogen-bond acceptors (Lipinski definition) is 2. The maximum Gasteiger partial charge on any atom is 0.328 e. The van der Waals surface area contributed by atoms with Crippen molar-refractivity contribution in [2.75, 3.05) is 0 Å². The zero-order valence-corrected chi connectivity index (χ0v) is 10.6. The molecule has 88 valence electrons. The van der Waals surface area contributed by atoms with Gasteiger partial charge >= 0.3 is 5.69 Å². The van der Waals surface area contributed by atoms with Crippen molar-refractivity contribution in [3.8, 4) is 0 Å². The van der Waals surface area contributed by atoms with Gasteiger partial charge in [-0.2, -0.15) is 0 Å². The Hall–Kier alpha value is -0.840. The summed E-state index contributed by atoms with van der Waals surface area (Å²) in [6.45, 7) is 0.549. The fourth-order valence-electron chi connectivity index (χ4n) is 2.28. The highest BCUT2D eigenvalue weighted by atomic mass is 79.9. The van der Waals surface area contributed by atoms with Crippen molar-refractivity contribution < 1.29 is 0 Å². The molecule has 1 aliphatic carbocycles. The summed E-state index contributed by atoms with van der Waals surface area (Å²) >= 11 is 3.14. The third kappa shape index (κ3) is 2.45. The van der Waals surface area contributed by atoms with Crippen molar-refractivity contribution in [1.29, 1.82) is 0 Å². The Morgan fingerprint density at radius 2 is 2.00 bits per heavy atom. The minimum Gasteiger partial charge on any atom is -0.313 e. The van der Waals surface area contributed by atoms with Gasteiger partial charge in [0.1, 0.15) is 0 Å². The second-order valence-electron chi connectivity index (χ2n) is 4.36. The van der Waals surface area contributed by atoms with Gasteiger partial charge in [0.25, 0.3) is 5.56 Å². The lowest BCUT2D eigenvalue weighted by molar-refractivity contribution is 0.311. The quantitative estimate of drug-likeness (QED) is 0.903. The summed E-state index contributed by atoms with van der Waals surface area (Å²) in [5.41, 5.74) is -0.534. The number of H-pyrrole nitrogens is 1. The van der Waals surface area contributed by atoms with Crippen LogP contribution in [0.3, 0.4) is 0 Å². The molecule has 0 aliphatic heterocycles. The van der Waals surface area contributed by atoms with E-state index in [2.05, 4.69) is 20.9 Å². The van der Waals surface area contributed by atoms with Gasteiger partial charge < -0.3 is 4.98 Å². The van der Waals surface area contributed by atoms with Gasteiger partial charge in [-0.15, -0.1) is 0 Å². The van der Waals surface area contributed by atoms with Crippen LogP contribution < -0.4 is 11.2 Å². The van der Waals surface area contributed by atoms with Crippen LogP contribution in [0, 0.1) is 5.92 Å². The highest BCUT2D eigenvalue weighted by molar-refractivity contribution is 9.10. The summed E-state index contributed by atoms with van der Waals surface area (Å²) in [5.74, 6) is 0.474. The maximum absolute atomic E-state index is 11.8. The second-order valence-corrected chi connectivity index (χ2v) is 5.22. The Balaban J connectivity index is 2.23. The van der Waals surface area contributed by atoms with Crippen LogP contribution in [-0.4, -0.2) is 9.55 Å². The fourth-order valence-corrected chi connectivity index (χ4v) is 2.61. The van der Waals surface area contributed by atoms with E-state index >= 15 is 0 Å². The van der Waals surface area contributed by atoms with Crippen LogP contribution in [0.5, 0.6) is 0 Å². The molecule has 1 aromatic rings. The molecular weight excluding hydrogens is 272 g/mol. The Morgan fingerprint density at radius 1 is 1.31 bits per heavy atom. The van der Waals surface area contributed by atoms with E-state index in [4.69, 9.17) is 0 Å². The summed E-state index contributed by atoms with van der Waals surface area (Å²) < 4.78 is 1.72. The summed E-state index contributed by atoms with van der Waals surface area (Å²) in [5, 5.41) is 0. The van der Waals surface area contributed by atoms with Crippen LogP contribution in [0.2, 0.25) is 0 Å². The van der Waals surface area contributed by atoms with E-state index in [9.17, 15) is 9.59 Å². The standard InChI is InChI=1S/C11H15BrN2O2/c12-9-6-13-11(16)14(10(9)15)7-8-4-2-1-3-5-8/h6,8H,1-5,7H2,(H,13,16). The van der Waals surface area contributed by atoms with Crippen molar-refractivity contribution in [2.24, 2.45) is 5.92 Å². The number of halogens is 1. The molecule has 1 N–H and O–H groups in total. The first-order valence-corrected chi connectivity index (χ1v) is 6.46. The molecule has 2 rings (SSSR count). The fraction of sp³-hybridized carbons (Fsp3) is 0.636. The van der Waals surface area contributed by atoms with Gasteiger partial charge in [0, 0.05) is 12.7 Å². The van der Waals surface area contributed by atoms with E-state index < -0.39 is 0 Å². The Kier molecular flexibility index (Phi) is 3.63. The first kappa shape index (κ1) is 11.6. The van der Waals surface area contributed by atoms with Gasteiger partial charge in [-0.1, -0.05) is 19.3 Å². The van der Waals surface area contributed by atoms with Crippen LogP contribution >= 0.6 is 15.9 Å². The van der Waals surface area contributed by atoms with Crippen LogP contribution in [0.15, 0.2) is 20.3 Å². The molecule has 1 saturated carbocycles. The zero-order valence-electron chi connectivity index (χ0n) is 9.04. The number of nitrogens with one attached hydrogen (secondary N) is 1. The van der Waals surface area contributed by atoms with E-state index in [0.717, 1.165) is 12.8 Å². The third-order valence-corrected chi connectivity index (χ3v) is 3.75. The molecule has 16 heavy (non-hydrogen) atoms. The lowest BCUT2D eigenvalue weighted by atomic mass is 9.89. The van der Waals surface area contributed by atoms with Gasteiger partial charge in [0.2, 0.25) is 0 Å². The van der Waals surface area contributed by atoms with Crippen LogP contribution in [-0.2, 0) is 6.54 Å². The smallest absolute Gasteiger partial charge is 0.313 e. The lowest BCUT2D eigenvalue weighted by Gasteiger charge is -2.21. The summed E-state index contributed by atoms with van der Waals surface area (Å²) in [6, 6.07) is 0. The monoisotopic (exact) mass is 286 g/mol. The molecule has 0 spiro atoms. The van der Waals surface area contributed by atoms with Crippen molar-refractivity contribution in [1.82, 2.24) is 9.55 Å². The van der Waals surface area contributed by atoms with Gasteiger partial charge in [-0.05, 0) is 34.7 Å². The predicted octanol–water partition coefficient (Wildman–Crippen LogP) is 1.88. The summed E-state index contributed by atoms with van der Waals surface area (Å²) in [4.78, 5) is 25.9. The molecule has 0 aromatic carbocycles. The Morgan fingerprint density at radius 3 is 2.69 bits per heavy atom. The SMILES string of the molecule is O=c1[nH]cc(Br)c(=O)n1CC1CCCCC1. The third-order valence-electron chi connectivity index (χ3n) is 3.18. The van der Waals surface area contributed by atoms with E-state index in [1.54, 1.807) is 0 Å². The summed E-state index contributed by atoms with van der Waals surface area (Å²) in [6.07, 6.45) is 7.36. The minimum absolute atomic E-state index is 0.227. The van der Waals surface area contributed by atoms with E-state index in [1.807, 2.05) is 0 Å². The molecular formula is C11H15BrN2O2. The van der Waals surface area contributed by atoms with E-state index in [0.29, 0.717) is 16.9 Å². The molecule has 1 heterocycles. The van der Waals surface area contributed by atoms with Crippen LogP contribution in [0.25, 0.3) is 0 Å². The lowest BCUT2D eigenvalue weighted by Crippen LogP contribution is -2.37. The largest absolute Gasteiger partial charge is 0.328 e. The number of rotatable bonds is 2. The van der Waals surface area contributed by atoms with Crippen molar-refractivity contribution in [3.05, 3.63) is 31.5 Å². The zero-order chi connectivity index (χ0) is 11.5. The Labute approximate surface area is 102 Å². The average Bonchev–Trinajstić information content (AvgIpc) is 2.31. The molecule has 0 amide bonds. The van der Waals surface area contributed by atoms with Crippen molar-refractivity contribution in [2.45, 2.75) is 38.6 Å². The van der Waals surface area contributed by atoms with Crippen LogP contribution in [0.1, 0.15) is 32.1 Å². The second kappa shape index (κ2) is 4.99. The van der Waals surface area contributed by atoms with E-state index in [-0.39, 0.29) is 11.2 Å². The number of nitrogens with zero attached hydrogens (tertiary/aromatic N) is 1. The van der Waals surface area contributed by atoms with Gasteiger partial charge in [0.05, 0.1) is 4.47 Å². The Bertz CT molecular complexity index is 472. The molecule has 5 heteroatoms. The molecule has 0 radical (unpaired) electrons. The summed E-state index contributed by atoms with van der Waals surface area (Å²) in [7, 11) is 0. The maximum atomic E-state index is 11.8. The molecule has 1 aliphatic rings. The minimum atomic E-state index is -0.307. The van der Waals surface area contributed by atoms with Crippen molar-refractivity contribution >= 4 is 15.9 Å². The molecule has 1 fully saturated rings. The van der Waals surface area contributed by atoms with Gasteiger partial charge in [-0.3, -0.25) is 9.36 Å².